The molecule has 0 saturated heterocycles. The van der Waals surface area contributed by atoms with Gasteiger partial charge in [-0.3, -0.25) is 14.4 Å². The van der Waals surface area contributed by atoms with Crippen LogP contribution in [0.2, 0.25) is 0 Å². The van der Waals surface area contributed by atoms with Gasteiger partial charge in [-0.05, 0) is 89.9 Å². The van der Waals surface area contributed by atoms with Crippen LogP contribution < -0.4 is 0 Å². The van der Waals surface area contributed by atoms with E-state index in [1.165, 1.54) is 77.0 Å². The van der Waals surface area contributed by atoms with E-state index >= 15 is 0 Å². The van der Waals surface area contributed by atoms with Gasteiger partial charge in [-0.1, -0.05) is 201 Å². The van der Waals surface area contributed by atoms with Gasteiger partial charge >= 0.3 is 17.9 Å². The first-order chi connectivity index (χ1) is 30.0. The summed E-state index contributed by atoms with van der Waals surface area (Å²) < 4.78 is 16.7. The average Bonchev–Trinajstić information content (AvgIpc) is 3.26. The molecule has 0 aliphatic rings. The molecule has 0 N–H and O–H groups in total. The molecule has 0 aromatic carbocycles. The zero-order valence-corrected chi connectivity index (χ0v) is 39.1. The van der Waals surface area contributed by atoms with Crippen LogP contribution in [0.3, 0.4) is 0 Å². The molecule has 0 amide bonds. The molecule has 0 bridgehead atoms. The molecular formula is C55H88O6. The van der Waals surface area contributed by atoms with E-state index in [-0.39, 0.29) is 31.1 Å². The first-order valence-electron chi connectivity index (χ1n) is 24.5. The minimum absolute atomic E-state index is 0.113. The molecule has 0 rings (SSSR count). The molecule has 0 aliphatic heterocycles. The molecule has 61 heavy (non-hydrogen) atoms. The number of esters is 3. The minimum Gasteiger partial charge on any atom is -0.462 e. The number of ether oxygens (including phenoxy) is 3. The second-order valence-corrected chi connectivity index (χ2v) is 15.8. The van der Waals surface area contributed by atoms with Crippen LogP contribution in [0.15, 0.2) is 109 Å². The SMILES string of the molecule is CC\C=C/C=C\C=C/C=C\C=C\C=C/CCCCCC(=O)OCC(COC(=O)CCC/C=C\CCCCCC)OC(=O)CCCCCCCCC/C=C\C/C=C\CCCCC. The van der Waals surface area contributed by atoms with Gasteiger partial charge in [0.1, 0.15) is 13.2 Å². The Morgan fingerprint density at radius 2 is 0.721 bits per heavy atom. The second kappa shape index (κ2) is 48.7. The number of unbranched alkanes of at least 4 members (excludes halogenated alkanes) is 18. The number of rotatable bonds is 42. The Balaban J connectivity index is 4.49. The molecule has 0 heterocycles. The molecule has 0 radical (unpaired) electrons. The number of carbonyl (C=O) groups is 3. The number of allylic oxidation sites excluding steroid dienone is 18. The van der Waals surface area contributed by atoms with Crippen LogP contribution in [-0.4, -0.2) is 37.2 Å². The maximum atomic E-state index is 12.8. The summed E-state index contributed by atoms with van der Waals surface area (Å²) in [7, 11) is 0. The zero-order chi connectivity index (χ0) is 44.4. The van der Waals surface area contributed by atoms with Crippen molar-refractivity contribution in [2.24, 2.45) is 0 Å². The van der Waals surface area contributed by atoms with E-state index in [2.05, 4.69) is 69.4 Å². The highest BCUT2D eigenvalue weighted by molar-refractivity contribution is 5.71. The number of hydrogen-bond acceptors (Lipinski definition) is 6. The van der Waals surface area contributed by atoms with Gasteiger partial charge in [0.05, 0.1) is 0 Å². The number of hydrogen-bond donors (Lipinski definition) is 0. The Hall–Kier alpha value is -3.93. The molecule has 0 spiro atoms. The van der Waals surface area contributed by atoms with Crippen LogP contribution in [0, 0.1) is 0 Å². The normalized spacial score (nSPS) is 13.0. The van der Waals surface area contributed by atoms with E-state index in [4.69, 9.17) is 14.2 Å². The Labute approximate surface area is 374 Å². The van der Waals surface area contributed by atoms with Crippen LogP contribution in [0.4, 0.5) is 0 Å². The summed E-state index contributed by atoms with van der Waals surface area (Å²) in [6.45, 7) is 6.34. The summed E-state index contributed by atoms with van der Waals surface area (Å²) in [4.78, 5) is 37.8. The monoisotopic (exact) mass is 845 g/mol. The maximum Gasteiger partial charge on any atom is 0.306 e. The van der Waals surface area contributed by atoms with Crippen molar-refractivity contribution in [2.45, 2.75) is 207 Å². The second-order valence-electron chi connectivity index (χ2n) is 15.8. The summed E-state index contributed by atoms with van der Waals surface area (Å²) in [5.74, 6) is -1.01. The number of carbonyl (C=O) groups excluding carboxylic acids is 3. The van der Waals surface area contributed by atoms with Crippen LogP contribution in [-0.2, 0) is 28.6 Å². The van der Waals surface area contributed by atoms with E-state index in [0.717, 1.165) is 77.0 Å². The fraction of sp³-hybridized carbons (Fsp3) is 0.618. The topological polar surface area (TPSA) is 78.9 Å². The highest BCUT2D eigenvalue weighted by Gasteiger charge is 2.19. The molecule has 0 aliphatic carbocycles. The van der Waals surface area contributed by atoms with Crippen molar-refractivity contribution in [2.75, 3.05) is 13.2 Å². The molecule has 1 atom stereocenters. The van der Waals surface area contributed by atoms with Crippen molar-refractivity contribution in [1.29, 1.82) is 0 Å². The van der Waals surface area contributed by atoms with Crippen molar-refractivity contribution in [3.05, 3.63) is 109 Å². The van der Waals surface area contributed by atoms with Gasteiger partial charge in [-0.15, -0.1) is 0 Å². The van der Waals surface area contributed by atoms with Crippen LogP contribution in [0.5, 0.6) is 0 Å². The van der Waals surface area contributed by atoms with Crippen molar-refractivity contribution in [3.63, 3.8) is 0 Å². The van der Waals surface area contributed by atoms with Gasteiger partial charge in [0, 0.05) is 19.3 Å². The minimum atomic E-state index is -0.812. The first kappa shape index (κ1) is 57.1. The predicted molar refractivity (Wildman–Crippen MR) is 260 cm³/mol. The Kier molecular flexibility index (Phi) is 45.6. The van der Waals surface area contributed by atoms with Crippen LogP contribution in [0.1, 0.15) is 201 Å². The van der Waals surface area contributed by atoms with Gasteiger partial charge in [-0.2, -0.15) is 0 Å². The molecule has 6 nitrogen and oxygen atoms in total. The Bertz CT molecular complexity index is 1290. The van der Waals surface area contributed by atoms with Gasteiger partial charge in [0.2, 0.25) is 0 Å². The van der Waals surface area contributed by atoms with E-state index in [1.54, 1.807) is 0 Å². The zero-order valence-electron chi connectivity index (χ0n) is 39.1. The molecule has 0 saturated carbocycles. The molecule has 6 heteroatoms. The van der Waals surface area contributed by atoms with E-state index < -0.39 is 6.10 Å². The lowest BCUT2D eigenvalue weighted by molar-refractivity contribution is -0.167. The highest BCUT2D eigenvalue weighted by atomic mass is 16.6. The molecule has 1 unspecified atom stereocenters. The van der Waals surface area contributed by atoms with Crippen molar-refractivity contribution in [1.82, 2.24) is 0 Å². The van der Waals surface area contributed by atoms with Crippen molar-refractivity contribution in [3.8, 4) is 0 Å². The average molecular weight is 845 g/mol. The van der Waals surface area contributed by atoms with E-state index in [9.17, 15) is 14.4 Å². The standard InChI is InChI=1S/C55H88O6/c1-4-7-10-13-16-19-21-23-25-27-29-31-33-36-39-42-45-48-54(57)60-51-52(50-59-53(56)47-44-41-38-35-18-15-12-9-6-3)61-55(58)49-46-43-40-37-34-32-30-28-26-24-22-20-17-14-11-8-5-2/h7,10,13,16-17,19-21,23-27,29,31,33,35,38,52H,4-6,8-9,11-12,14-15,18,22,28,30,32,34,36-37,39-51H2,1-3H3/b10-7-,16-13-,20-17-,21-19-,25-23-,26-24-,29-27+,33-31-,38-35-. The van der Waals surface area contributed by atoms with Crippen molar-refractivity contribution < 1.29 is 28.6 Å². The summed E-state index contributed by atoms with van der Waals surface area (Å²) in [5.41, 5.74) is 0. The molecule has 0 fully saturated rings. The summed E-state index contributed by atoms with van der Waals surface area (Å²) in [6, 6.07) is 0. The molecule has 0 aromatic rings. The summed E-state index contributed by atoms with van der Waals surface area (Å²) in [6.07, 6.45) is 65.0. The Morgan fingerprint density at radius 1 is 0.361 bits per heavy atom. The Morgan fingerprint density at radius 3 is 1.26 bits per heavy atom. The van der Waals surface area contributed by atoms with Crippen LogP contribution in [0.25, 0.3) is 0 Å². The van der Waals surface area contributed by atoms with Crippen LogP contribution >= 0.6 is 0 Å². The van der Waals surface area contributed by atoms with Gasteiger partial charge in [-0.25, -0.2) is 0 Å². The van der Waals surface area contributed by atoms with Crippen molar-refractivity contribution >= 4 is 17.9 Å². The highest BCUT2D eigenvalue weighted by Crippen LogP contribution is 2.13. The summed E-state index contributed by atoms with van der Waals surface area (Å²) >= 11 is 0. The van der Waals surface area contributed by atoms with Gasteiger partial charge in [0.25, 0.3) is 0 Å². The van der Waals surface area contributed by atoms with Gasteiger partial charge in [0.15, 0.2) is 6.10 Å². The molecule has 344 valence electrons. The van der Waals surface area contributed by atoms with E-state index in [0.29, 0.717) is 25.7 Å². The smallest absolute Gasteiger partial charge is 0.306 e. The lowest BCUT2D eigenvalue weighted by atomic mass is 10.1. The maximum absolute atomic E-state index is 12.8. The quantitative estimate of drug-likeness (QED) is 0.0200. The lowest BCUT2D eigenvalue weighted by Crippen LogP contribution is -2.30. The first-order valence-corrected chi connectivity index (χ1v) is 24.5. The molecular weight excluding hydrogens is 757 g/mol. The third-order valence-corrected chi connectivity index (χ3v) is 9.89. The third kappa shape index (κ3) is 47.0. The molecule has 0 aromatic heterocycles. The largest absolute Gasteiger partial charge is 0.462 e. The fourth-order valence-corrected chi connectivity index (χ4v) is 6.21. The predicted octanol–water partition coefficient (Wildman–Crippen LogP) is 16.0. The third-order valence-electron chi connectivity index (χ3n) is 9.89. The van der Waals surface area contributed by atoms with Gasteiger partial charge < -0.3 is 14.2 Å². The van der Waals surface area contributed by atoms with E-state index in [1.807, 2.05) is 60.8 Å². The fourth-order valence-electron chi connectivity index (χ4n) is 6.21. The lowest BCUT2D eigenvalue weighted by Gasteiger charge is -2.18. The summed E-state index contributed by atoms with van der Waals surface area (Å²) in [5, 5.41) is 0.